The number of carbonyl (C=O) groups is 1. The quantitative estimate of drug-likeness (QED) is 0.587. The fourth-order valence-electron chi connectivity index (χ4n) is 3.77. The molecule has 3 aromatic carbocycles. The van der Waals surface area contributed by atoms with Crippen LogP contribution in [0.25, 0.3) is 0 Å². The van der Waals surface area contributed by atoms with Gasteiger partial charge in [-0.25, -0.2) is 5.01 Å². The van der Waals surface area contributed by atoms with Crippen molar-refractivity contribution in [1.82, 2.24) is 5.01 Å². The predicted molar refractivity (Wildman–Crippen MR) is 109 cm³/mol. The predicted octanol–water partition coefficient (Wildman–Crippen LogP) is 5.09. The first kappa shape index (κ1) is 17.0. The number of Topliss-reactive ketones (excluding diaryl/α,β-unsaturated/α-hetero) is 1. The Kier molecular flexibility index (Phi) is 4.14. The summed E-state index contributed by atoms with van der Waals surface area (Å²) in [7, 11) is 0. The summed E-state index contributed by atoms with van der Waals surface area (Å²) in [6.45, 7) is 0. The van der Waals surface area contributed by atoms with Gasteiger partial charge in [-0.2, -0.15) is 5.10 Å². The third-order valence-corrected chi connectivity index (χ3v) is 5.41. The largest absolute Gasteiger partial charge is 0.461 e. The first-order valence-electron chi connectivity index (χ1n) is 9.17. The van der Waals surface area contributed by atoms with Crippen molar-refractivity contribution in [3.63, 3.8) is 0 Å². The van der Waals surface area contributed by atoms with Crippen molar-refractivity contribution in [2.45, 2.75) is 18.7 Å². The molecule has 0 fully saturated rings. The second kappa shape index (κ2) is 6.80. The Bertz CT molecular complexity index is 1060. The molecule has 2 heterocycles. The number of hydrogen-bond acceptors (Lipinski definition) is 4. The van der Waals surface area contributed by atoms with E-state index in [4.69, 9.17) is 21.4 Å². The van der Waals surface area contributed by atoms with Crippen molar-refractivity contribution >= 4 is 23.1 Å². The molecule has 28 heavy (non-hydrogen) atoms. The van der Waals surface area contributed by atoms with Crippen molar-refractivity contribution < 1.29 is 9.53 Å². The topological polar surface area (TPSA) is 41.9 Å². The van der Waals surface area contributed by atoms with E-state index in [1.807, 2.05) is 59.6 Å². The molecule has 0 amide bonds. The number of halogens is 1. The van der Waals surface area contributed by atoms with Crippen LogP contribution in [0, 0.1) is 0 Å². The van der Waals surface area contributed by atoms with Gasteiger partial charge in [-0.05, 0) is 35.9 Å². The molecule has 2 aliphatic rings. The zero-order chi connectivity index (χ0) is 19.1. The van der Waals surface area contributed by atoms with Crippen LogP contribution in [0.2, 0.25) is 5.02 Å². The molecule has 0 unspecified atom stereocenters. The molecule has 0 saturated carbocycles. The number of nitrogens with zero attached hydrogens (tertiary/aromatic N) is 2. The normalized spacial score (nSPS) is 20.0. The zero-order valence-corrected chi connectivity index (χ0v) is 15.7. The summed E-state index contributed by atoms with van der Waals surface area (Å²) in [6.07, 6.45) is -0.0725. The molecule has 138 valence electrons. The van der Waals surface area contributed by atoms with E-state index in [2.05, 4.69) is 0 Å². The molecule has 5 rings (SSSR count). The maximum Gasteiger partial charge on any atom is 0.251 e. The van der Waals surface area contributed by atoms with E-state index < -0.39 is 6.23 Å². The van der Waals surface area contributed by atoms with Crippen molar-refractivity contribution in [2.75, 3.05) is 0 Å². The second-order valence-electron chi connectivity index (χ2n) is 6.89. The third-order valence-electron chi connectivity index (χ3n) is 5.16. The van der Waals surface area contributed by atoms with Crippen LogP contribution in [-0.4, -0.2) is 22.7 Å². The minimum atomic E-state index is -0.803. The fourth-order valence-corrected chi connectivity index (χ4v) is 3.89. The van der Waals surface area contributed by atoms with Crippen molar-refractivity contribution in [1.29, 1.82) is 0 Å². The molecular formula is C23H17ClN2O2. The van der Waals surface area contributed by atoms with Crippen LogP contribution < -0.4 is 4.74 Å². The minimum Gasteiger partial charge on any atom is -0.461 e. The molecule has 2 atom stereocenters. The summed E-state index contributed by atoms with van der Waals surface area (Å²) < 4.78 is 6.11. The van der Waals surface area contributed by atoms with Crippen molar-refractivity contribution in [2.24, 2.45) is 5.10 Å². The Morgan fingerprint density at radius 3 is 2.46 bits per heavy atom. The fraction of sp³-hybridized carbons (Fsp3) is 0.130. The summed E-state index contributed by atoms with van der Waals surface area (Å²) in [5.74, 6) is 0.606. The smallest absolute Gasteiger partial charge is 0.251 e. The molecule has 5 heteroatoms. The van der Waals surface area contributed by atoms with E-state index in [-0.39, 0.29) is 11.8 Å². The van der Waals surface area contributed by atoms with Gasteiger partial charge in [0.05, 0.1) is 11.8 Å². The highest BCUT2D eigenvalue weighted by molar-refractivity contribution is 6.30. The number of hydrogen-bond donors (Lipinski definition) is 0. The van der Waals surface area contributed by atoms with Gasteiger partial charge in [-0.1, -0.05) is 60.1 Å². The van der Waals surface area contributed by atoms with Crippen LogP contribution >= 0.6 is 11.6 Å². The van der Waals surface area contributed by atoms with Crippen LogP contribution in [-0.2, 0) is 0 Å². The second-order valence-corrected chi connectivity index (χ2v) is 7.33. The lowest BCUT2D eigenvalue weighted by Crippen LogP contribution is -2.45. The summed E-state index contributed by atoms with van der Waals surface area (Å²) >= 11 is 5.97. The van der Waals surface area contributed by atoms with Gasteiger partial charge in [-0.3, -0.25) is 4.79 Å². The SMILES string of the molecule is O=C(c1ccc(Cl)cc1)[C@H]1Oc2ccccc2[C@@H]2CC(c3ccccc3)=NN12. The number of benzene rings is 3. The summed E-state index contributed by atoms with van der Waals surface area (Å²) in [6, 6.07) is 24.8. The van der Waals surface area contributed by atoms with Crippen molar-refractivity contribution in [3.05, 3.63) is 101 Å². The van der Waals surface area contributed by atoms with E-state index in [1.54, 1.807) is 24.3 Å². The average Bonchev–Trinajstić information content (AvgIpc) is 3.20. The molecule has 0 aliphatic carbocycles. The van der Waals surface area contributed by atoms with Gasteiger partial charge < -0.3 is 4.74 Å². The first-order chi connectivity index (χ1) is 13.7. The van der Waals surface area contributed by atoms with Crippen LogP contribution in [0.15, 0.2) is 84.0 Å². The maximum atomic E-state index is 13.2. The summed E-state index contributed by atoms with van der Waals surface area (Å²) in [4.78, 5) is 13.2. The standard InChI is InChI=1S/C23H17ClN2O2/c24-17-12-10-16(11-13-17)22(27)23-26-20(18-8-4-5-9-21(18)28-23)14-19(25-26)15-6-2-1-3-7-15/h1-13,20,23H,14H2/t20-,23+/m0/s1. The van der Waals surface area contributed by atoms with Gasteiger partial charge in [0.2, 0.25) is 5.78 Å². The van der Waals surface area contributed by atoms with E-state index in [1.165, 1.54) is 0 Å². The van der Waals surface area contributed by atoms with Gasteiger partial charge in [0.25, 0.3) is 6.23 Å². The monoisotopic (exact) mass is 388 g/mol. The van der Waals surface area contributed by atoms with Gasteiger partial charge in [0, 0.05) is 22.6 Å². The van der Waals surface area contributed by atoms with E-state index in [0.717, 1.165) is 29.0 Å². The van der Waals surface area contributed by atoms with Crippen LogP contribution in [0.3, 0.4) is 0 Å². The van der Waals surface area contributed by atoms with E-state index >= 15 is 0 Å². The lowest BCUT2D eigenvalue weighted by Gasteiger charge is -2.37. The lowest BCUT2D eigenvalue weighted by atomic mass is 9.96. The molecule has 3 aromatic rings. The molecule has 0 bridgehead atoms. The number of rotatable bonds is 3. The van der Waals surface area contributed by atoms with Gasteiger partial charge in [-0.15, -0.1) is 0 Å². The maximum absolute atomic E-state index is 13.2. The highest BCUT2D eigenvalue weighted by Crippen LogP contribution is 2.43. The third kappa shape index (κ3) is 2.86. The van der Waals surface area contributed by atoms with Crippen LogP contribution in [0.4, 0.5) is 0 Å². The number of hydrazone groups is 1. The molecule has 0 saturated heterocycles. The van der Waals surface area contributed by atoms with E-state index in [9.17, 15) is 4.79 Å². The number of para-hydroxylation sites is 1. The minimum absolute atomic E-state index is 0.0265. The van der Waals surface area contributed by atoms with Crippen molar-refractivity contribution in [3.8, 4) is 5.75 Å². The number of ketones is 1. The van der Waals surface area contributed by atoms with Gasteiger partial charge in [0.15, 0.2) is 0 Å². The number of carbonyl (C=O) groups excluding carboxylic acids is 1. The Hall–Kier alpha value is -3.11. The molecule has 4 nitrogen and oxygen atoms in total. The Labute approximate surface area is 168 Å². The molecule has 0 radical (unpaired) electrons. The lowest BCUT2D eigenvalue weighted by molar-refractivity contribution is -0.00455. The molecule has 0 N–H and O–H groups in total. The van der Waals surface area contributed by atoms with Gasteiger partial charge >= 0.3 is 0 Å². The Morgan fingerprint density at radius 2 is 1.68 bits per heavy atom. The average molecular weight is 389 g/mol. The highest BCUT2D eigenvalue weighted by Gasteiger charge is 2.43. The molecular weight excluding hydrogens is 372 g/mol. The van der Waals surface area contributed by atoms with Gasteiger partial charge in [0.1, 0.15) is 5.75 Å². The summed E-state index contributed by atoms with van der Waals surface area (Å²) in [5, 5.41) is 7.20. The number of fused-ring (bicyclic) bond motifs is 3. The van der Waals surface area contributed by atoms with E-state index in [0.29, 0.717) is 10.6 Å². The first-order valence-corrected chi connectivity index (χ1v) is 9.55. The number of ether oxygens (including phenoxy) is 1. The van der Waals surface area contributed by atoms with Crippen LogP contribution in [0.5, 0.6) is 5.75 Å². The summed E-state index contributed by atoms with van der Waals surface area (Å²) in [5.41, 5.74) is 3.63. The molecule has 2 aliphatic heterocycles. The Balaban J connectivity index is 1.56. The molecule has 0 aromatic heterocycles. The Morgan fingerprint density at radius 1 is 0.964 bits per heavy atom. The molecule has 0 spiro atoms. The zero-order valence-electron chi connectivity index (χ0n) is 15.0. The highest BCUT2D eigenvalue weighted by atomic mass is 35.5. The van der Waals surface area contributed by atoms with Crippen LogP contribution in [0.1, 0.15) is 33.9 Å².